The highest BCUT2D eigenvalue weighted by atomic mass is 32.2. The molecular weight excluding hydrogens is 468 g/mol. The average Bonchev–Trinajstić information content (AvgIpc) is 3.22. The summed E-state index contributed by atoms with van der Waals surface area (Å²) in [5.74, 6) is 0.755. The lowest BCUT2D eigenvalue weighted by Gasteiger charge is -2.20. The molecular formula is C29H22N4S2. The summed E-state index contributed by atoms with van der Waals surface area (Å²) in [4.78, 5) is 12.7. The second-order valence-electron chi connectivity index (χ2n) is 7.63. The van der Waals surface area contributed by atoms with E-state index < -0.39 is 0 Å². The molecule has 0 atom stereocenters. The molecule has 0 aliphatic carbocycles. The second-order valence-corrected chi connectivity index (χ2v) is 9.08. The highest BCUT2D eigenvalue weighted by Gasteiger charge is 2.33. The Balaban J connectivity index is 1.61. The van der Waals surface area contributed by atoms with Crippen molar-refractivity contribution in [2.45, 2.75) is 0 Å². The first-order valence-electron chi connectivity index (χ1n) is 11.1. The predicted molar refractivity (Wildman–Crippen MR) is 154 cm³/mol. The average molecular weight is 491 g/mol. The highest BCUT2D eigenvalue weighted by Crippen LogP contribution is 2.38. The van der Waals surface area contributed by atoms with Crippen LogP contribution in [0.4, 0.5) is 22.7 Å². The van der Waals surface area contributed by atoms with Crippen molar-refractivity contribution in [1.29, 1.82) is 0 Å². The molecule has 0 radical (unpaired) electrons. The van der Waals surface area contributed by atoms with Gasteiger partial charge >= 0.3 is 0 Å². The molecule has 1 aliphatic rings. The molecule has 0 bridgehead atoms. The van der Waals surface area contributed by atoms with Crippen LogP contribution in [0.3, 0.4) is 0 Å². The smallest absolute Gasteiger partial charge is 0.171 e. The summed E-state index contributed by atoms with van der Waals surface area (Å²) in [6, 6.07) is 40.0. The summed E-state index contributed by atoms with van der Waals surface area (Å²) in [7, 11) is 0. The predicted octanol–water partition coefficient (Wildman–Crippen LogP) is 7.98. The van der Waals surface area contributed by atoms with Gasteiger partial charge in [-0.15, -0.1) is 0 Å². The molecule has 170 valence electrons. The lowest BCUT2D eigenvalue weighted by atomic mass is 10.2. The molecule has 0 spiro atoms. The Morgan fingerprint density at radius 3 is 1.80 bits per heavy atom. The number of benzene rings is 4. The fraction of sp³-hybridized carbons (Fsp3) is 0. The van der Waals surface area contributed by atoms with Gasteiger partial charge in [0.15, 0.2) is 5.84 Å². The van der Waals surface area contributed by atoms with Gasteiger partial charge in [-0.1, -0.05) is 85.0 Å². The minimum absolute atomic E-state index is 0.611. The van der Waals surface area contributed by atoms with Crippen molar-refractivity contribution in [3.8, 4) is 0 Å². The van der Waals surface area contributed by atoms with E-state index in [9.17, 15) is 0 Å². The molecule has 4 aromatic carbocycles. The maximum absolute atomic E-state index is 5.71. The molecule has 1 N–H and O–H groups in total. The Bertz CT molecular complexity index is 1380. The normalized spacial score (nSPS) is 16.7. The van der Waals surface area contributed by atoms with E-state index in [0.717, 1.165) is 38.7 Å². The summed E-state index contributed by atoms with van der Waals surface area (Å²) < 4.78 is 0. The monoisotopic (exact) mass is 490 g/mol. The van der Waals surface area contributed by atoms with Crippen molar-refractivity contribution in [3.05, 3.63) is 132 Å². The third-order valence-electron chi connectivity index (χ3n) is 5.11. The number of anilines is 2. The maximum atomic E-state index is 5.71. The molecule has 5 rings (SSSR count). The third-order valence-corrected chi connectivity index (χ3v) is 6.31. The summed E-state index contributed by atoms with van der Waals surface area (Å²) in [6.07, 6.45) is 1.97. The minimum atomic E-state index is 0.611. The van der Waals surface area contributed by atoms with E-state index in [4.69, 9.17) is 22.2 Å². The van der Waals surface area contributed by atoms with Gasteiger partial charge in [0.25, 0.3) is 0 Å². The zero-order valence-electron chi connectivity index (χ0n) is 18.8. The number of hydrogen-bond donors (Lipinski definition) is 1. The maximum Gasteiger partial charge on any atom is 0.171 e. The lowest BCUT2D eigenvalue weighted by Crippen LogP contribution is -2.27. The SMILES string of the molecule is S=C(/C=C1\SC(=Nc2ccccc2)C(=Nc2ccccc2)N1c1ccccc1)Nc1ccccc1. The fourth-order valence-electron chi connectivity index (χ4n) is 3.54. The van der Waals surface area contributed by atoms with Crippen LogP contribution in [0.1, 0.15) is 0 Å². The van der Waals surface area contributed by atoms with Gasteiger partial charge in [-0.25, -0.2) is 9.98 Å². The van der Waals surface area contributed by atoms with Crippen LogP contribution >= 0.6 is 24.0 Å². The van der Waals surface area contributed by atoms with Crippen molar-refractivity contribution in [2.24, 2.45) is 9.98 Å². The van der Waals surface area contributed by atoms with Crippen LogP contribution < -0.4 is 10.2 Å². The van der Waals surface area contributed by atoms with Crippen molar-refractivity contribution in [2.75, 3.05) is 10.2 Å². The van der Waals surface area contributed by atoms with Crippen LogP contribution in [0.25, 0.3) is 0 Å². The van der Waals surface area contributed by atoms with Crippen LogP contribution in [0.15, 0.2) is 142 Å². The lowest BCUT2D eigenvalue weighted by molar-refractivity contribution is 1.33. The minimum Gasteiger partial charge on any atom is -0.347 e. The van der Waals surface area contributed by atoms with Gasteiger partial charge in [-0.3, -0.25) is 4.90 Å². The number of nitrogens with one attached hydrogen (secondary N) is 1. The van der Waals surface area contributed by atoms with E-state index in [1.165, 1.54) is 0 Å². The number of nitrogens with zero attached hydrogens (tertiary/aromatic N) is 3. The number of aliphatic imine (C=N–C) groups is 2. The first-order chi connectivity index (χ1) is 17.3. The molecule has 1 fully saturated rings. The zero-order chi connectivity index (χ0) is 23.9. The molecule has 4 nitrogen and oxygen atoms in total. The zero-order valence-corrected chi connectivity index (χ0v) is 20.4. The van der Waals surface area contributed by atoms with Crippen molar-refractivity contribution in [3.63, 3.8) is 0 Å². The van der Waals surface area contributed by atoms with E-state index in [0.29, 0.717) is 4.99 Å². The summed E-state index contributed by atoms with van der Waals surface area (Å²) >= 11 is 7.26. The quantitative estimate of drug-likeness (QED) is 0.227. The van der Waals surface area contributed by atoms with E-state index in [-0.39, 0.29) is 0 Å². The molecule has 35 heavy (non-hydrogen) atoms. The van der Waals surface area contributed by atoms with Crippen LogP contribution in [-0.2, 0) is 0 Å². The largest absolute Gasteiger partial charge is 0.347 e. The van der Waals surface area contributed by atoms with Crippen molar-refractivity contribution < 1.29 is 0 Å². The number of hydrogen-bond acceptors (Lipinski definition) is 4. The summed E-state index contributed by atoms with van der Waals surface area (Å²) in [6.45, 7) is 0. The topological polar surface area (TPSA) is 40.0 Å². The summed E-state index contributed by atoms with van der Waals surface area (Å²) in [5, 5.41) is 5.03. The molecule has 1 saturated heterocycles. The Morgan fingerprint density at radius 1 is 0.686 bits per heavy atom. The van der Waals surface area contributed by atoms with Gasteiger partial charge in [0.1, 0.15) is 10.0 Å². The van der Waals surface area contributed by atoms with Crippen LogP contribution in [0.2, 0.25) is 0 Å². The molecule has 0 unspecified atom stereocenters. The number of thioether (sulfide) groups is 1. The van der Waals surface area contributed by atoms with Gasteiger partial charge in [0, 0.05) is 17.5 Å². The van der Waals surface area contributed by atoms with Crippen molar-refractivity contribution >= 4 is 62.6 Å². The van der Waals surface area contributed by atoms with Gasteiger partial charge in [0.05, 0.1) is 16.4 Å². The molecule has 0 saturated carbocycles. The van der Waals surface area contributed by atoms with Crippen molar-refractivity contribution in [1.82, 2.24) is 0 Å². The number of para-hydroxylation sites is 4. The first-order valence-corrected chi connectivity index (χ1v) is 12.4. The van der Waals surface area contributed by atoms with Gasteiger partial charge < -0.3 is 5.32 Å². The van der Waals surface area contributed by atoms with Gasteiger partial charge in [0.2, 0.25) is 0 Å². The van der Waals surface area contributed by atoms with E-state index in [1.54, 1.807) is 11.8 Å². The Morgan fingerprint density at radius 2 is 1.20 bits per heavy atom. The summed E-state index contributed by atoms with van der Waals surface area (Å²) in [5.41, 5.74) is 3.66. The van der Waals surface area contributed by atoms with E-state index in [2.05, 4.69) is 22.3 Å². The molecule has 0 aromatic heterocycles. The molecule has 1 heterocycles. The Labute approximate surface area is 214 Å². The Hall–Kier alpha value is -4.00. The van der Waals surface area contributed by atoms with Crippen LogP contribution in [0.5, 0.6) is 0 Å². The standard InChI is InChI=1S/C29H22N4S2/c34-26(30-22-13-5-1-6-14-22)21-27-33(25-19-11-4-12-20-25)28(31-23-15-7-2-8-16-23)29(35-27)32-24-17-9-3-10-18-24/h1-21H,(H,30,34)/b27-21-,31-28?,32-29?. The first kappa shape index (κ1) is 22.8. The second kappa shape index (κ2) is 11.0. The van der Waals surface area contributed by atoms with Gasteiger partial charge in [-0.05, 0) is 60.3 Å². The molecule has 1 aliphatic heterocycles. The number of thiocarbonyl (C=S) groups is 1. The van der Waals surface area contributed by atoms with Crippen LogP contribution in [-0.4, -0.2) is 15.9 Å². The highest BCUT2D eigenvalue weighted by molar-refractivity contribution is 8.20. The van der Waals surface area contributed by atoms with E-state index >= 15 is 0 Å². The fourth-order valence-corrected chi connectivity index (χ4v) is 4.88. The van der Waals surface area contributed by atoms with Crippen LogP contribution in [0, 0.1) is 0 Å². The number of rotatable bonds is 5. The third kappa shape index (κ3) is 5.74. The Kier molecular flexibility index (Phi) is 7.13. The molecule has 4 aromatic rings. The van der Waals surface area contributed by atoms with E-state index in [1.807, 2.05) is 115 Å². The molecule has 0 amide bonds. The van der Waals surface area contributed by atoms with Gasteiger partial charge in [-0.2, -0.15) is 0 Å². The number of amidine groups is 1. The molecule has 6 heteroatoms.